The van der Waals surface area contributed by atoms with Gasteiger partial charge in [-0.1, -0.05) is 29.8 Å². The van der Waals surface area contributed by atoms with E-state index in [0.717, 1.165) is 5.56 Å². The van der Waals surface area contributed by atoms with Gasteiger partial charge in [0.15, 0.2) is 0 Å². The van der Waals surface area contributed by atoms with Gasteiger partial charge in [-0.25, -0.2) is 0 Å². The molecule has 0 spiro atoms. The van der Waals surface area contributed by atoms with Crippen LogP contribution in [0.5, 0.6) is 0 Å². The molecule has 0 radical (unpaired) electrons. The van der Waals surface area contributed by atoms with E-state index in [9.17, 15) is 9.90 Å². The number of carboxylic acids is 1. The van der Waals surface area contributed by atoms with Crippen molar-refractivity contribution in [2.45, 2.75) is 19.9 Å². The first-order valence-electron chi connectivity index (χ1n) is 4.64. The molecule has 0 bridgehead atoms. The summed E-state index contributed by atoms with van der Waals surface area (Å²) in [7, 11) is 0. The number of carbonyl (C=O) groups excluding carboxylic acids is 1. The predicted octanol–water partition coefficient (Wildman–Crippen LogP) is -2.77. The molecule has 0 aliphatic carbocycles. The molecule has 3 nitrogen and oxygen atoms in total. The van der Waals surface area contributed by atoms with Gasteiger partial charge in [0.1, 0.15) is 0 Å². The molecule has 4 heteroatoms. The quantitative estimate of drug-likeness (QED) is 0.427. The van der Waals surface area contributed by atoms with E-state index in [1.54, 1.807) is 0 Å². The van der Waals surface area contributed by atoms with Crippen LogP contribution in [0.15, 0.2) is 24.3 Å². The van der Waals surface area contributed by atoms with Crippen molar-refractivity contribution in [3.63, 3.8) is 0 Å². The van der Waals surface area contributed by atoms with E-state index in [2.05, 4.69) is 5.32 Å². The van der Waals surface area contributed by atoms with Gasteiger partial charge in [0.2, 0.25) is 0 Å². The zero-order valence-corrected chi connectivity index (χ0v) is 11.2. The second kappa shape index (κ2) is 7.88. The number of carbonyl (C=O) groups is 1. The summed E-state index contributed by atoms with van der Waals surface area (Å²) >= 11 is 0. The summed E-state index contributed by atoms with van der Waals surface area (Å²) < 4.78 is 0. The standard InChI is InChI=1S/C11H15NO2.Na/c1-9-2-4-10(5-3-9)8-12-7-6-11(13)14;/h2-5,12H,6-8H2,1H3,(H,13,14);/q;+1/p-1. The minimum absolute atomic E-state index is 0. The normalized spacial score (nSPS) is 9.40. The summed E-state index contributed by atoms with van der Waals surface area (Å²) in [5.74, 6) is -1.01. The number of aryl methyl sites for hydroxylation is 1. The molecule has 76 valence electrons. The maximum atomic E-state index is 10.1. The van der Waals surface area contributed by atoms with E-state index in [1.807, 2.05) is 31.2 Å². The molecule has 0 heterocycles. The van der Waals surface area contributed by atoms with Crippen LogP contribution in [-0.2, 0) is 11.3 Å². The zero-order chi connectivity index (χ0) is 10.4. The van der Waals surface area contributed by atoms with Crippen molar-refractivity contribution >= 4 is 5.97 Å². The first-order chi connectivity index (χ1) is 6.68. The van der Waals surface area contributed by atoms with Gasteiger partial charge < -0.3 is 15.2 Å². The smallest absolute Gasteiger partial charge is 0.550 e. The summed E-state index contributed by atoms with van der Waals surface area (Å²) in [6.45, 7) is 3.19. The molecule has 0 amide bonds. The van der Waals surface area contributed by atoms with Crippen LogP contribution in [0.25, 0.3) is 0 Å². The number of benzene rings is 1. The second-order valence-corrected chi connectivity index (χ2v) is 3.28. The van der Waals surface area contributed by atoms with Crippen LogP contribution in [0.2, 0.25) is 0 Å². The van der Waals surface area contributed by atoms with Gasteiger partial charge in [-0.05, 0) is 18.9 Å². The van der Waals surface area contributed by atoms with Crippen molar-refractivity contribution in [3.8, 4) is 0 Å². The van der Waals surface area contributed by atoms with Gasteiger partial charge in [0.05, 0.1) is 0 Å². The number of aliphatic carboxylic acids is 1. The van der Waals surface area contributed by atoms with E-state index >= 15 is 0 Å². The fourth-order valence-corrected chi connectivity index (χ4v) is 1.13. The first-order valence-corrected chi connectivity index (χ1v) is 4.64. The Balaban J connectivity index is 0.00000196. The number of hydrogen-bond donors (Lipinski definition) is 1. The fourth-order valence-electron chi connectivity index (χ4n) is 1.13. The second-order valence-electron chi connectivity index (χ2n) is 3.28. The molecule has 1 aromatic rings. The maximum absolute atomic E-state index is 10.1. The molecule has 0 saturated heterocycles. The summed E-state index contributed by atoms with van der Waals surface area (Å²) in [6.07, 6.45) is 0.0614. The van der Waals surface area contributed by atoms with Gasteiger partial charge in [-0.15, -0.1) is 0 Å². The minimum atomic E-state index is -1.01. The molecule has 0 saturated carbocycles. The molecular formula is C11H14NNaO2. The topological polar surface area (TPSA) is 52.2 Å². The number of nitrogens with one attached hydrogen (secondary N) is 1. The van der Waals surface area contributed by atoms with E-state index in [4.69, 9.17) is 0 Å². The Bertz CT molecular complexity index is 298. The minimum Gasteiger partial charge on any atom is -0.550 e. The third-order valence-corrected chi connectivity index (χ3v) is 1.96. The fraction of sp³-hybridized carbons (Fsp3) is 0.364. The molecule has 1 rings (SSSR count). The molecule has 0 fully saturated rings. The van der Waals surface area contributed by atoms with Crippen molar-refractivity contribution in [2.75, 3.05) is 6.54 Å². The average Bonchev–Trinajstić information content (AvgIpc) is 2.15. The molecule has 0 aliphatic heterocycles. The Kier molecular flexibility index (Phi) is 7.70. The van der Waals surface area contributed by atoms with Crippen molar-refractivity contribution < 1.29 is 39.5 Å². The van der Waals surface area contributed by atoms with E-state index in [-0.39, 0.29) is 36.0 Å². The third-order valence-electron chi connectivity index (χ3n) is 1.96. The van der Waals surface area contributed by atoms with Gasteiger partial charge >= 0.3 is 29.6 Å². The van der Waals surface area contributed by atoms with Crippen LogP contribution >= 0.6 is 0 Å². The summed E-state index contributed by atoms with van der Waals surface area (Å²) in [6, 6.07) is 8.13. The number of hydrogen-bond acceptors (Lipinski definition) is 3. The summed E-state index contributed by atoms with van der Waals surface area (Å²) in [4.78, 5) is 10.1. The molecule has 0 aromatic heterocycles. The van der Waals surface area contributed by atoms with Gasteiger partial charge in [0, 0.05) is 19.1 Å². The largest absolute Gasteiger partial charge is 1.00 e. The molecule has 15 heavy (non-hydrogen) atoms. The summed E-state index contributed by atoms with van der Waals surface area (Å²) in [5, 5.41) is 13.1. The predicted molar refractivity (Wildman–Crippen MR) is 52.5 cm³/mol. The molecule has 1 aromatic carbocycles. The monoisotopic (exact) mass is 215 g/mol. The molecule has 1 N–H and O–H groups in total. The van der Waals surface area contributed by atoms with E-state index < -0.39 is 5.97 Å². The third kappa shape index (κ3) is 6.68. The number of carboxylic acid groups (broad SMARTS) is 1. The van der Waals surface area contributed by atoms with Crippen molar-refractivity contribution in [3.05, 3.63) is 35.4 Å². The Labute approximate surface area is 112 Å². The van der Waals surface area contributed by atoms with Crippen molar-refractivity contribution in [1.82, 2.24) is 5.32 Å². The van der Waals surface area contributed by atoms with Crippen molar-refractivity contribution in [1.29, 1.82) is 0 Å². The van der Waals surface area contributed by atoms with E-state index in [0.29, 0.717) is 13.1 Å². The molecule has 0 atom stereocenters. The molecule has 0 aliphatic rings. The maximum Gasteiger partial charge on any atom is 1.00 e. The van der Waals surface area contributed by atoms with Gasteiger partial charge in [-0.2, -0.15) is 0 Å². The van der Waals surface area contributed by atoms with E-state index in [1.165, 1.54) is 5.56 Å². The van der Waals surface area contributed by atoms with Crippen molar-refractivity contribution in [2.24, 2.45) is 0 Å². The average molecular weight is 215 g/mol. The SMILES string of the molecule is Cc1ccc(CNCCC(=O)[O-])cc1.[Na+]. The Hall–Kier alpha value is -0.350. The van der Waals surface area contributed by atoms with Gasteiger partial charge in [-0.3, -0.25) is 0 Å². The zero-order valence-electron chi connectivity index (χ0n) is 9.25. The summed E-state index contributed by atoms with van der Waals surface area (Å²) in [5.41, 5.74) is 2.39. The Morgan fingerprint density at radius 3 is 2.47 bits per heavy atom. The van der Waals surface area contributed by atoms with Crippen LogP contribution in [0.3, 0.4) is 0 Å². The van der Waals surface area contributed by atoms with Gasteiger partial charge in [0.25, 0.3) is 0 Å². The Morgan fingerprint density at radius 1 is 1.33 bits per heavy atom. The van der Waals surface area contributed by atoms with Crippen LogP contribution in [-0.4, -0.2) is 12.5 Å². The molecular weight excluding hydrogens is 201 g/mol. The molecule has 0 unspecified atom stereocenters. The number of rotatable bonds is 5. The Morgan fingerprint density at radius 2 is 1.93 bits per heavy atom. The van der Waals surface area contributed by atoms with Crippen LogP contribution in [0, 0.1) is 6.92 Å². The van der Waals surface area contributed by atoms with Crippen LogP contribution in [0.1, 0.15) is 17.5 Å². The van der Waals surface area contributed by atoms with Crippen LogP contribution < -0.4 is 40.0 Å². The first kappa shape index (κ1) is 14.6. The van der Waals surface area contributed by atoms with Crippen LogP contribution in [0.4, 0.5) is 0 Å².